The largest absolute Gasteiger partial charge is 0.489 e. The minimum absolute atomic E-state index is 0.00347. The van der Waals surface area contributed by atoms with Crippen molar-refractivity contribution in [2.45, 2.75) is 71.1 Å². The highest BCUT2D eigenvalue weighted by molar-refractivity contribution is 6.31. The fraction of sp³-hybridized carbons (Fsp3) is 0.286. The number of benzene rings is 5. The maximum Gasteiger partial charge on any atom is 0.251 e. The number of rotatable bonds is 16. The molecule has 60 heavy (non-hydrogen) atoms. The molecule has 1 heterocycles. The molecule has 11 heteroatoms. The van der Waals surface area contributed by atoms with Crippen molar-refractivity contribution in [3.63, 3.8) is 0 Å². The summed E-state index contributed by atoms with van der Waals surface area (Å²) >= 11 is 6.27. The number of ether oxygens (including phenoxy) is 1. The Morgan fingerprint density at radius 1 is 0.800 bits per heavy atom. The van der Waals surface area contributed by atoms with E-state index in [0.29, 0.717) is 40.6 Å². The van der Waals surface area contributed by atoms with Crippen LogP contribution >= 0.6 is 11.6 Å². The summed E-state index contributed by atoms with van der Waals surface area (Å²) in [7, 11) is 0. The molecule has 0 radical (unpaired) electrons. The molecule has 1 aromatic heterocycles. The lowest BCUT2D eigenvalue weighted by Gasteiger charge is -2.62. The van der Waals surface area contributed by atoms with Crippen LogP contribution in [0.4, 0.5) is 0 Å². The van der Waals surface area contributed by atoms with E-state index >= 15 is 0 Å². The van der Waals surface area contributed by atoms with Crippen molar-refractivity contribution in [1.82, 2.24) is 25.8 Å². The highest BCUT2D eigenvalue weighted by Gasteiger charge is 2.65. The molecule has 1 fully saturated rings. The quantitative estimate of drug-likeness (QED) is 0.0565. The van der Waals surface area contributed by atoms with Gasteiger partial charge in [0.05, 0.1) is 22.8 Å². The van der Waals surface area contributed by atoms with Crippen molar-refractivity contribution in [3.8, 4) is 23.1 Å². The van der Waals surface area contributed by atoms with Gasteiger partial charge in [0.25, 0.3) is 5.91 Å². The van der Waals surface area contributed by atoms with E-state index in [1.807, 2.05) is 114 Å². The summed E-state index contributed by atoms with van der Waals surface area (Å²) in [4.78, 5) is 32.6. The van der Waals surface area contributed by atoms with Crippen LogP contribution in [0.5, 0.6) is 5.75 Å². The number of unbranched alkanes of at least 4 members (excludes halogenated alkanes) is 2. The lowest BCUT2D eigenvalue weighted by Crippen LogP contribution is -2.66. The predicted molar refractivity (Wildman–Crippen MR) is 232 cm³/mol. The molecule has 0 aliphatic heterocycles. The number of nitrogens with one attached hydrogen (secondary N) is 2. The molecule has 1 aliphatic carbocycles. The second kappa shape index (κ2) is 17.9. The fourth-order valence-electron chi connectivity index (χ4n) is 8.99. The highest BCUT2D eigenvalue weighted by Crippen LogP contribution is 2.62. The van der Waals surface area contributed by atoms with Crippen LogP contribution in [0.25, 0.3) is 11.3 Å². The molecule has 7 rings (SSSR count). The van der Waals surface area contributed by atoms with Crippen LogP contribution in [0.3, 0.4) is 0 Å². The van der Waals surface area contributed by atoms with Gasteiger partial charge in [-0.05, 0) is 53.8 Å². The van der Waals surface area contributed by atoms with Crippen LogP contribution in [0.1, 0.15) is 92.0 Å². The van der Waals surface area contributed by atoms with E-state index in [1.165, 1.54) is 0 Å². The van der Waals surface area contributed by atoms with Crippen molar-refractivity contribution in [3.05, 3.63) is 172 Å². The number of nitriles is 1. The molecule has 2 N–H and O–H groups in total. The maximum absolute atomic E-state index is 13.1. The first-order valence-corrected chi connectivity index (χ1v) is 20.6. The third-order valence-electron chi connectivity index (χ3n) is 11.5. The van der Waals surface area contributed by atoms with E-state index in [-0.39, 0.29) is 41.2 Å². The first kappa shape index (κ1) is 41.9. The SMILES string of the molecule is CC1(C)C(Oc2ccc(C#N)c(Cl)c2)C(C)(C)C1n1cc(-c2ccc(C(=O)NCCCCCC(=O)NOC(c3ccccc3)(c3ccccc3)c3ccccc3)cc2)nn1. The van der Waals surface area contributed by atoms with Crippen LogP contribution < -0.4 is 15.5 Å². The summed E-state index contributed by atoms with van der Waals surface area (Å²) in [6.45, 7) is 9.08. The molecule has 2 amide bonds. The van der Waals surface area contributed by atoms with Gasteiger partial charge in [-0.1, -0.05) is 154 Å². The topological polar surface area (TPSA) is 131 Å². The summed E-state index contributed by atoms with van der Waals surface area (Å²) in [6, 6.07) is 44.2. The van der Waals surface area contributed by atoms with E-state index in [1.54, 1.807) is 30.3 Å². The second-order valence-electron chi connectivity index (χ2n) is 16.4. The number of hydrogen-bond donors (Lipinski definition) is 2. The molecule has 0 saturated heterocycles. The molecule has 1 aliphatic rings. The minimum atomic E-state index is -1.05. The Labute approximate surface area is 356 Å². The molecule has 10 nitrogen and oxygen atoms in total. The number of carbonyl (C=O) groups is 2. The van der Waals surface area contributed by atoms with E-state index < -0.39 is 5.60 Å². The molecule has 0 unspecified atom stereocenters. The van der Waals surface area contributed by atoms with Gasteiger partial charge in [-0.2, -0.15) is 5.26 Å². The zero-order valence-corrected chi connectivity index (χ0v) is 35.0. The van der Waals surface area contributed by atoms with Crippen molar-refractivity contribution < 1.29 is 19.2 Å². The van der Waals surface area contributed by atoms with Gasteiger partial charge in [0.2, 0.25) is 5.91 Å². The standard InChI is InChI=1S/C49H49ClN6O4/c1-47(2)45(48(3,4)46(47)59-40-29-28-36(32-51)41(50)31-40)56-33-42(53-55-56)34-24-26-35(27-25-34)44(58)52-30-16-8-15-23-43(57)54-60-49(37-17-9-5-10-18-37,38-19-11-6-12-20-38)39-21-13-7-14-22-39/h5-7,9-14,17-22,24-29,31,33,45-46H,8,15-16,23,30H2,1-4H3,(H,52,58)(H,54,57). The van der Waals surface area contributed by atoms with Crippen molar-refractivity contribution in [2.24, 2.45) is 10.8 Å². The summed E-state index contributed by atoms with van der Waals surface area (Å²) < 4.78 is 8.35. The fourth-order valence-corrected chi connectivity index (χ4v) is 9.20. The van der Waals surface area contributed by atoms with Crippen LogP contribution in [0, 0.1) is 22.2 Å². The zero-order chi connectivity index (χ0) is 42.3. The minimum Gasteiger partial charge on any atom is -0.489 e. The summed E-state index contributed by atoms with van der Waals surface area (Å²) in [5, 5.41) is 21.6. The van der Waals surface area contributed by atoms with Gasteiger partial charge in [0.1, 0.15) is 23.6 Å². The van der Waals surface area contributed by atoms with E-state index in [9.17, 15) is 14.9 Å². The molecule has 5 aromatic carbocycles. The molecule has 6 aromatic rings. The number of nitrogens with zero attached hydrogens (tertiary/aromatic N) is 4. The van der Waals surface area contributed by atoms with Crippen LogP contribution in [0.2, 0.25) is 5.02 Å². The smallest absolute Gasteiger partial charge is 0.251 e. The summed E-state index contributed by atoms with van der Waals surface area (Å²) in [5.41, 5.74) is 6.33. The third-order valence-corrected chi connectivity index (χ3v) is 11.8. The number of hydroxylamine groups is 1. The van der Waals surface area contributed by atoms with Gasteiger partial charge in [-0.15, -0.1) is 5.10 Å². The summed E-state index contributed by atoms with van der Waals surface area (Å²) in [5.74, 6) is 0.241. The van der Waals surface area contributed by atoms with Crippen LogP contribution in [0.15, 0.2) is 140 Å². The number of aromatic nitrogens is 3. The van der Waals surface area contributed by atoms with Gasteiger partial charge in [0.15, 0.2) is 5.60 Å². The Hall–Kier alpha value is -6.28. The number of carbonyl (C=O) groups excluding carboxylic acids is 2. The Morgan fingerprint density at radius 2 is 1.38 bits per heavy atom. The number of halogens is 1. The maximum atomic E-state index is 13.1. The monoisotopic (exact) mass is 820 g/mol. The van der Waals surface area contributed by atoms with Gasteiger partial charge in [0, 0.05) is 41.0 Å². The third kappa shape index (κ3) is 8.55. The van der Waals surface area contributed by atoms with E-state index in [4.69, 9.17) is 21.2 Å². The zero-order valence-electron chi connectivity index (χ0n) is 34.3. The Morgan fingerprint density at radius 3 is 1.93 bits per heavy atom. The lowest BCUT2D eigenvalue weighted by atomic mass is 9.49. The average Bonchev–Trinajstić information content (AvgIpc) is 3.74. The van der Waals surface area contributed by atoms with Gasteiger partial charge >= 0.3 is 0 Å². The Balaban J connectivity index is 0.878. The summed E-state index contributed by atoms with van der Waals surface area (Å²) in [6.07, 6.45) is 4.21. The van der Waals surface area contributed by atoms with E-state index in [0.717, 1.165) is 35.1 Å². The molecule has 306 valence electrons. The normalized spacial score (nSPS) is 16.5. The molecule has 0 bridgehead atoms. The first-order valence-electron chi connectivity index (χ1n) is 20.3. The first-order chi connectivity index (χ1) is 28.9. The lowest BCUT2D eigenvalue weighted by molar-refractivity contribution is -0.191. The van der Waals surface area contributed by atoms with Crippen molar-refractivity contribution >= 4 is 23.4 Å². The second-order valence-corrected chi connectivity index (χ2v) is 16.8. The van der Waals surface area contributed by atoms with Crippen LogP contribution in [-0.2, 0) is 15.2 Å². The van der Waals surface area contributed by atoms with Gasteiger partial charge in [-0.25, -0.2) is 10.2 Å². The van der Waals surface area contributed by atoms with Gasteiger partial charge < -0.3 is 10.1 Å². The Kier molecular flexibility index (Phi) is 12.5. The number of amides is 2. The number of hydrogen-bond acceptors (Lipinski definition) is 7. The Bertz CT molecular complexity index is 2330. The van der Waals surface area contributed by atoms with E-state index in [2.05, 4.69) is 54.9 Å². The van der Waals surface area contributed by atoms with Crippen molar-refractivity contribution in [2.75, 3.05) is 6.54 Å². The predicted octanol–water partition coefficient (Wildman–Crippen LogP) is 9.85. The molecule has 0 spiro atoms. The van der Waals surface area contributed by atoms with Crippen molar-refractivity contribution in [1.29, 1.82) is 5.26 Å². The highest BCUT2D eigenvalue weighted by atomic mass is 35.5. The molecule has 0 atom stereocenters. The average molecular weight is 821 g/mol. The van der Waals surface area contributed by atoms with Gasteiger partial charge in [-0.3, -0.25) is 14.4 Å². The van der Waals surface area contributed by atoms with Crippen LogP contribution in [-0.4, -0.2) is 39.5 Å². The molecule has 1 saturated carbocycles. The molecular weight excluding hydrogens is 772 g/mol. The molecular formula is C49H49ClN6O4.